The molecule has 3 heteroatoms. The van der Waals surface area contributed by atoms with E-state index in [1.807, 2.05) is 19.1 Å². The van der Waals surface area contributed by atoms with Crippen LogP contribution >= 0.6 is 0 Å². The fourth-order valence-corrected chi connectivity index (χ4v) is 2.19. The molecule has 1 fully saturated rings. The van der Waals surface area contributed by atoms with Gasteiger partial charge in [0.2, 0.25) is 5.88 Å². The molecular formula is C13H19NO2. The number of aryl methyl sites for hydroxylation is 1. The van der Waals surface area contributed by atoms with Crippen LogP contribution in [0.2, 0.25) is 0 Å². The molecule has 0 unspecified atom stereocenters. The number of pyridine rings is 1. The zero-order chi connectivity index (χ0) is 11.4. The van der Waals surface area contributed by atoms with Crippen molar-refractivity contribution in [3.63, 3.8) is 0 Å². The second-order valence-electron chi connectivity index (χ2n) is 4.51. The normalized spacial score (nSPS) is 16.6. The lowest BCUT2D eigenvalue weighted by atomic mass is 10.1. The molecule has 1 aromatic heterocycles. The van der Waals surface area contributed by atoms with Crippen molar-refractivity contribution in [1.82, 2.24) is 4.98 Å². The highest BCUT2D eigenvalue weighted by molar-refractivity contribution is 5.24. The number of hydrogen-bond donors (Lipinski definition) is 1. The van der Waals surface area contributed by atoms with Gasteiger partial charge in [0.1, 0.15) is 0 Å². The Morgan fingerprint density at radius 3 is 2.75 bits per heavy atom. The summed E-state index contributed by atoms with van der Waals surface area (Å²) in [6.07, 6.45) is 5.25. The lowest BCUT2D eigenvalue weighted by molar-refractivity contribution is 0.242. The van der Waals surface area contributed by atoms with Gasteiger partial charge in [-0.1, -0.05) is 12.8 Å². The Kier molecular flexibility index (Phi) is 3.78. The Hall–Kier alpha value is -1.09. The number of rotatable bonds is 4. The van der Waals surface area contributed by atoms with Crippen LogP contribution in [0.3, 0.4) is 0 Å². The molecule has 0 saturated heterocycles. The predicted molar refractivity (Wildman–Crippen MR) is 62.3 cm³/mol. The van der Waals surface area contributed by atoms with E-state index in [0.29, 0.717) is 11.8 Å². The zero-order valence-corrected chi connectivity index (χ0v) is 9.78. The van der Waals surface area contributed by atoms with Crippen molar-refractivity contribution in [2.24, 2.45) is 5.92 Å². The van der Waals surface area contributed by atoms with E-state index in [9.17, 15) is 0 Å². The van der Waals surface area contributed by atoms with Gasteiger partial charge in [0.25, 0.3) is 0 Å². The minimum atomic E-state index is 0.0434. The SMILES string of the molecule is Cc1nc(OCC2CCCC2)ccc1CO. The molecular weight excluding hydrogens is 202 g/mol. The summed E-state index contributed by atoms with van der Waals surface area (Å²) < 4.78 is 5.68. The maximum atomic E-state index is 9.03. The first-order valence-corrected chi connectivity index (χ1v) is 6.00. The molecule has 0 bridgehead atoms. The van der Waals surface area contributed by atoms with Crippen LogP contribution in [0.4, 0.5) is 0 Å². The molecule has 1 heterocycles. The van der Waals surface area contributed by atoms with Crippen LogP contribution in [0, 0.1) is 12.8 Å². The van der Waals surface area contributed by atoms with Gasteiger partial charge in [0.15, 0.2) is 0 Å². The van der Waals surface area contributed by atoms with Crippen LogP contribution in [-0.4, -0.2) is 16.7 Å². The van der Waals surface area contributed by atoms with Crippen molar-refractivity contribution in [1.29, 1.82) is 0 Å². The second kappa shape index (κ2) is 5.30. The van der Waals surface area contributed by atoms with Gasteiger partial charge in [-0.05, 0) is 37.3 Å². The van der Waals surface area contributed by atoms with Crippen LogP contribution in [0.25, 0.3) is 0 Å². The van der Waals surface area contributed by atoms with Gasteiger partial charge in [-0.3, -0.25) is 0 Å². The molecule has 0 atom stereocenters. The molecule has 0 spiro atoms. The highest BCUT2D eigenvalue weighted by Gasteiger charge is 2.15. The summed E-state index contributed by atoms with van der Waals surface area (Å²) in [5.41, 5.74) is 1.72. The van der Waals surface area contributed by atoms with Crippen LogP contribution in [0.1, 0.15) is 36.9 Å². The van der Waals surface area contributed by atoms with Gasteiger partial charge in [0, 0.05) is 11.8 Å². The minimum Gasteiger partial charge on any atom is -0.477 e. The Labute approximate surface area is 96.5 Å². The Morgan fingerprint density at radius 2 is 2.12 bits per heavy atom. The van der Waals surface area contributed by atoms with Crippen LogP contribution < -0.4 is 4.74 Å². The number of ether oxygens (including phenoxy) is 1. The summed E-state index contributed by atoms with van der Waals surface area (Å²) in [6.45, 7) is 2.72. The van der Waals surface area contributed by atoms with Crippen molar-refractivity contribution in [3.8, 4) is 5.88 Å². The van der Waals surface area contributed by atoms with Gasteiger partial charge in [-0.2, -0.15) is 0 Å². The molecule has 1 N–H and O–H groups in total. The van der Waals surface area contributed by atoms with E-state index in [1.165, 1.54) is 25.7 Å². The predicted octanol–water partition coefficient (Wildman–Crippen LogP) is 2.45. The summed E-state index contributed by atoms with van der Waals surface area (Å²) in [5, 5.41) is 9.03. The van der Waals surface area contributed by atoms with Gasteiger partial charge in [-0.15, -0.1) is 0 Å². The number of hydrogen-bond acceptors (Lipinski definition) is 3. The number of nitrogens with zero attached hydrogens (tertiary/aromatic N) is 1. The first kappa shape index (κ1) is 11.4. The lowest BCUT2D eigenvalue weighted by Gasteiger charge is -2.11. The average molecular weight is 221 g/mol. The van der Waals surface area contributed by atoms with Crippen molar-refractivity contribution in [2.75, 3.05) is 6.61 Å². The molecule has 1 aliphatic rings. The van der Waals surface area contributed by atoms with Gasteiger partial charge >= 0.3 is 0 Å². The van der Waals surface area contributed by atoms with E-state index in [-0.39, 0.29) is 6.61 Å². The summed E-state index contributed by atoms with van der Waals surface area (Å²) in [4.78, 5) is 4.32. The standard InChI is InChI=1S/C13H19NO2/c1-10-12(8-15)6-7-13(14-10)16-9-11-4-2-3-5-11/h6-7,11,15H,2-5,8-9H2,1H3. The van der Waals surface area contributed by atoms with E-state index in [4.69, 9.17) is 9.84 Å². The van der Waals surface area contributed by atoms with E-state index in [0.717, 1.165) is 17.9 Å². The maximum Gasteiger partial charge on any atom is 0.213 e. The first-order valence-electron chi connectivity index (χ1n) is 6.00. The Balaban J connectivity index is 1.91. The summed E-state index contributed by atoms with van der Waals surface area (Å²) >= 11 is 0. The minimum absolute atomic E-state index is 0.0434. The summed E-state index contributed by atoms with van der Waals surface area (Å²) in [5.74, 6) is 1.39. The molecule has 2 rings (SSSR count). The third-order valence-corrected chi connectivity index (χ3v) is 3.28. The van der Waals surface area contributed by atoms with E-state index in [2.05, 4.69) is 4.98 Å². The molecule has 3 nitrogen and oxygen atoms in total. The van der Waals surface area contributed by atoms with Crippen molar-refractivity contribution in [3.05, 3.63) is 23.4 Å². The number of aliphatic hydroxyl groups is 1. The molecule has 0 amide bonds. The maximum absolute atomic E-state index is 9.03. The van der Waals surface area contributed by atoms with Crippen molar-refractivity contribution in [2.45, 2.75) is 39.2 Å². The lowest BCUT2D eigenvalue weighted by Crippen LogP contribution is -2.09. The van der Waals surface area contributed by atoms with Crippen LogP contribution in [0.5, 0.6) is 5.88 Å². The molecule has 1 saturated carbocycles. The zero-order valence-electron chi connectivity index (χ0n) is 9.78. The molecule has 16 heavy (non-hydrogen) atoms. The fourth-order valence-electron chi connectivity index (χ4n) is 2.19. The number of aliphatic hydroxyl groups excluding tert-OH is 1. The topological polar surface area (TPSA) is 42.4 Å². The third kappa shape index (κ3) is 2.73. The Morgan fingerprint density at radius 1 is 1.38 bits per heavy atom. The molecule has 88 valence electrons. The summed E-state index contributed by atoms with van der Waals surface area (Å²) in [6, 6.07) is 3.72. The van der Waals surface area contributed by atoms with Gasteiger partial charge in [-0.25, -0.2) is 4.98 Å². The molecule has 0 radical (unpaired) electrons. The van der Waals surface area contributed by atoms with E-state index in [1.54, 1.807) is 0 Å². The van der Waals surface area contributed by atoms with Crippen LogP contribution in [0.15, 0.2) is 12.1 Å². The summed E-state index contributed by atoms with van der Waals surface area (Å²) in [7, 11) is 0. The smallest absolute Gasteiger partial charge is 0.213 e. The molecule has 1 aliphatic carbocycles. The van der Waals surface area contributed by atoms with Gasteiger partial charge in [0.05, 0.1) is 13.2 Å². The second-order valence-corrected chi connectivity index (χ2v) is 4.51. The highest BCUT2D eigenvalue weighted by Crippen LogP contribution is 2.25. The number of aromatic nitrogens is 1. The van der Waals surface area contributed by atoms with Crippen LogP contribution in [-0.2, 0) is 6.61 Å². The highest BCUT2D eigenvalue weighted by atomic mass is 16.5. The average Bonchev–Trinajstić information content (AvgIpc) is 2.79. The Bertz CT molecular complexity index is 346. The quantitative estimate of drug-likeness (QED) is 0.849. The largest absolute Gasteiger partial charge is 0.477 e. The first-order chi connectivity index (χ1) is 7.79. The van der Waals surface area contributed by atoms with E-state index < -0.39 is 0 Å². The van der Waals surface area contributed by atoms with Gasteiger partial charge < -0.3 is 9.84 Å². The monoisotopic (exact) mass is 221 g/mol. The van der Waals surface area contributed by atoms with E-state index >= 15 is 0 Å². The molecule has 0 aromatic carbocycles. The van der Waals surface area contributed by atoms with Crippen molar-refractivity contribution >= 4 is 0 Å². The molecule has 0 aliphatic heterocycles. The van der Waals surface area contributed by atoms with Crippen molar-refractivity contribution < 1.29 is 9.84 Å². The molecule has 1 aromatic rings. The third-order valence-electron chi connectivity index (χ3n) is 3.28. The fraction of sp³-hybridized carbons (Fsp3) is 0.615.